The van der Waals surface area contributed by atoms with E-state index in [1.54, 1.807) is 0 Å². The van der Waals surface area contributed by atoms with E-state index in [0.717, 1.165) is 34.1 Å². The van der Waals surface area contributed by atoms with E-state index in [1.807, 2.05) is 0 Å². The summed E-state index contributed by atoms with van der Waals surface area (Å²) < 4.78 is 0. The van der Waals surface area contributed by atoms with Crippen LogP contribution in [0, 0.1) is 0 Å². The summed E-state index contributed by atoms with van der Waals surface area (Å²) in [6.45, 7) is 18.4. The minimum Gasteiger partial charge on any atom is -0.310 e. The van der Waals surface area contributed by atoms with Crippen LogP contribution in [0.5, 0.6) is 0 Å². The van der Waals surface area contributed by atoms with Crippen molar-refractivity contribution in [2.45, 2.75) is 71.6 Å². The lowest BCUT2D eigenvalue weighted by Gasteiger charge is -2.30. The molecule has 0 atom stereocenters. The van der Waals surface area contributed by atoms with E-state index < -0.39 is 0 Å². The first-order valence-electron chi connectivity index (χ1n) is 20.3. The fraction of sp³-hybridized carbons (Fsp3) is 0.200. The van der Waals surface area contributed by atoms with Crippen LogP contribution >= 0.6 is 0 Å². The van der Waals surface area contributed by atoms with Crippen molar-refractivity contribution in [3.8, 4) is 11.1 Å². The molecular weight excluding hydrogens is 689 g/mol. The van der Waals surface area contributed by atoms with Gasteiger partial charge in [-0.3, -0.25) is 0 Å². The third-order valence-corrected chi connectivity index (χ3v) is 12.1. The molecule has 8 aromatic carbocycles. The highest BCUT2D eigenvalue weighted by Gasteiger charge is 2.37. The maximum atomic E-state index is 2.44. The second kappa shape index (κ2) is 13.5. The van der Waals surface area contributed by atoms with Crippen molar-refractivity contribution in [2.24, 2.45) is 0 Å². The van der Waals surface area contributed by atoms with Gasteiger partial charge in [0, 0.05) is 39.5 Å². The summed E-state index contributed by atoms with van der Waals surface area (Å²) in [5.41, 5.74) is 14.8. The van der Waals surface area contributed by atoms with Gasteiger partial charge < -0.3 is 9.80 Å². The summed E-state index contributed by atoms with van der Waals surface area (Å²) in [6.07, 6.45) is 0. The molecule has 9 rings (SSSR count). The lowest BCUT2D eigenvalue weighted by molar-refractivity contribution is 0.590. The maximum Gasteiger partial charge on any atom is 0.0468 e. The van der Waals surface area contributed by atoms with Crippen molar-refractivity contribution in [1.29, 1.82) is 0 Å². The molecule has 0 spiro atoms. The Morgan fingerprint density at radius 2 is 0.649 bits per heavy atom. The Balaban J connectivity index is 1.15. The van der Waals surface area contributed by atoms with Gasteiger partial charge in [-0.25, -0.2) is 0 Å². The van der Waals surface area contributed by atoms with Gasteiger partial charge in [0.15, 0.2) is 0 Å². The molecule has 2 nitrogen and oxygen atoms in total. The zero-order chi connectivity index (χ0) is 39.7. The summed E-state index contributed by atoms with van der Waals surface area (Å²) in [5, 5.41) is 4.95. The van der Waals surface area contributed by atoms with Crippen molar-refractivity contribution < 1.29 is 0 Å². The Labute approximate surface area is 339 Å². The molecule has 0 unspecified atom stereocenters. The van der Waals surface area contributed by atoms with Crippen LogP contribution in [0.4, 0.5) is 34.1 Å². The van der Waals surface area contributed by atoms with Crippen LogP contribution < -0.4 is 9.80 Å². The lowest BCUT2D eigenvalue weighted by Crippen LogP contribution is -2.18. The highest BCUT2D eigenvalue weighted by atomic mass is 15.1. The van der Waals surface area contributed by atoms with Crippen molar-refractivity contribution in [1.82, 2.24) is 0 Å². The molecule has 0 saturated carbocycles. The van der Waals surface area contributed by atoms with Crippen LogP contribution in [0.3, 0.4) is 0 Å². The minimum atomic E-state index is -0.229. The third kappa shape index (κ3) is 6.57. The smallest absolute Gasteiger partial charge is 0.0468 e. The topological polar surface area (TPSA) is 6.48 Å². The standard InChI is InChI=1S/C55H52N2/c1-53(2,3)41-19-25-43(26-20-41)56(45-23-17-37-13-9-11-15-39(37)33-45)47-29-31-49-50-32-30-48(36-52(50)55(7,8)51(49)35-47)57(44-27-21-42(22-28-44)54(4,5)6)46-24-18-38-14-10-12-16-40(38)34-46/h9-36H,1-8H3. The predicted octanol–water partition coefficient (Wildman–Crippen LogP) is 15.8. The largest absolute Gasteiger partial charge is 0.310 e. The SMILES string of the molecule is CC(C)(C)c1ccc(N(c2ccc3c(c2)C(C)(C)c2cc(N(c4ccc(C(C)(C)C)cc4)c4ccc5ccccc5c4)ccc2-3)c2ccc3ccccc3c2)cc1. The van der Waals surface area contributed by atoms with Crippen LogP contribution in [0.2, 0.25) is 0 Å². The molecule has 0 N–H and O–H groups in total. The van der Waals surface area contributed by atoms with E-state index in [9.17, 15) is 0 Å². The molecule has 8 aromatic rings. The Morgan fingerprint density at radius 3 is 1.02 bits per heavy atom. The number of nitrogens with zero attached hydrogens (tertiary/aromatic N) is 2. The molecule has 57 heavy (non-hydrogen) atoms. The molecule has 0 aromatic heterocycles. The average Bonchev–Trinajstić information content (AvgIpc) is 3.42. The molecule has 1 aliphatic rings. The molecule has 0 amide bonds. The molecule has 0 fully saturated rings. The van der Waals surface area contributed by atoms with Gasteiger partial charge in [-0.2, -0.15) is 0 Å². The zero-order valence-corrected chi connectivity index (χ0v) is 34.6. The minimum absolute atomic E-state index is 0.0777. The molecular formula is C55H52N2. The van der Waals surface area contributed by atoms with Gasteiger partial charge in [0.25, 0.3) is 0 Å². The monoisotopic (exact) mass is 740 g/mol. The first kappa shape index (κ1) is 36.5. The van der Waals surface area contributed by atoms with Gasteiger partial charge in [0.05, 0.1) is 0 Å². The number of anilines is 6. The highest BCUT2D eigenvalue weighted by Crippen LogP contribution is 2.52. The molecule has 0 saturated heterocycles. The number of hydrogen-bond acceptors (Lipinski definition) is 2. The Kier molecular flexibility index (Phi) is 8.66. The predicted molar refractivity (Wildman–Crippen MR) is 246 cm³/mol. The summed E-state index contributed by atoms with van der Waals surface area (Å²) >= 11 is 0. The number of fused-ring (bicyclic) bond motifs is 5. The van der Waals surface area contributed by atoms with Gasteiger partial charge in [-0.15, -0.1) is 0 Å². The van der Waals surface area contributed by atoms with Crippen molar-refractivity contribution >= 4 is 55.7 Å². The molecule has 0 bridgehead atoms. The molecule has 0 heterocycles. The fourth-order valence-corrected chi connectivity index (χ4v) is 8.74. The van der Waals surface area contributed by atoms with Gasteiger partial charge in [-0.05, 0) is 139 Å². The second-order valence-corrected chi connectivity index (χ2v) is 18.4. The Morgan fingerprint density at radius 1 is 0.333 bits per heavy atom. The second-order valence-electron chi connectivity index (χ2n) is 18.4. The summed E-state index contributed by atoms with van der Waals surface area (Å²) in [7, 11) is 0. The fourth-order valence-electron chi connectivity index (χ4n) is 8.74. The summed E-state index contributed by atoms with van der Waals surface area (Å²) in [5.74, 6) is 0. The van der Waals surface area contributed by atoms with Crippen molar-refractivity contribution in [3.63, 3.8) is 0 Å². The van der Waals surface area contributed by atoms with Gasteiger partial charge in [0.1, 0.15) is 0 Å². The number of benzene rings is 8. The van der Waals surface area contributed by atoms with E-state index in [4.69, 9.17) is 0 Å². The third-order valence-electron chi connectivity index (χ3n) is 12.1. The maximum absolute atomic E-state index is 2.44. The van der Waals surface area contributed by atoms with E-state index in [0.29, 0.717) is 0 Å². The summed E-state index contributed by atoms with van der Waals surface area (Å²) in [4.78, 5) is 4.85. The number of rotatable bonds is 6. The van der Waals surface area contributed by atoms with Crippen molar-refractivity contribution in [2.75, 3.05) is 9.80 Å². The van der Waals surface area contributed by atoms with Crippen LogP contribution in [0.15, 0.2) is 170 Å². The van der Waals surface area contributed by atoms with Crippen LogP contribution in [0.1, 0.15) is 77.6 Å². The van der Waals surface area contributed by atoms with E-state index in [1.165, 1.54) is 54.9 Å². The Bertz CT molecular complexity index is 2580. The molecule has 0 radical (unpaired) electrons. The van der Waals surface area contributed by atoms with Crippen molar-refractivity contribution in [3.05, 3.63) is 192 Å². The summed E-state index contributed by atoms with van der Waals surface area (Å²) in [6, 6.07) is 63.4. The van der Waals surface area contributed by atoms with Gasteiger partial charge in [0.2, 0.25) is 0 Å². The lowest BCUT2D eigenvalue weighted by atomic mass is 9.82. The van der Waals surface area contributed by atoms with E-state index in [-0.39, 0.29) is 16.2 Å². The number of hydrogen-bond donors (Lipinski definition) is 0. The molecule has 282 valence electrons. The highest BCUT2D eigenvalue weighted by molar-refractivity contribution is 5.93. The molecule has 0 aliphatic heterocycles. The normalized spacial score (nSPS) is 13.4. The van der Waals surface area contributed by atoms with Crippen LogP contribution in [-0.2, 0) is 16.2 Å². The average molecular weight is 741 g/mol. The first-order valence-corrected chi connectivity index (χ1v) is 20.3. The molecule has 2 heteroatoms. The quantitative estimate of drug-likeness (QED) is 0.167. The first-order chi connectivity index (χ1) is 27.3. The van der Waals surface area contributed by atoms with Crippen LogP contribution in [0.25, 0.3) is 32.7 Å². The van der Waals surface area contributed by atoms with Crippen LogP contribution in [-0.4, -0.2) is 0 Å². The zero-order valence-electron chi connectivity index (χ0n) is 34.6. The van der Waals surface area contributed by atoms with Gasteiger partial charge in [-0.1, -0.05) is 152 Å². The van der Waals surface area contributed by atoms with E-state index in [2.05, 4.69) is 235 Å². The Hall–Kier alpha value is -6.12. The van der Waals surface area contributed by atoms with Gasteiger partial charge >= 0.3 is 0 Å². The molecule has 1 aliphatic carbocycles. The van der Waals surface area contributed by atoms with E-state index >= 15 is 0 Å².